The van der Waals surface area contributed by atoms with Crippen molar-refractivity contribution in [3.05, 3.63) is 53.2 Å². The first-order valence-corrected chi connectivity index (χ1v) is 13.5. The number of nitrogens with zero attached hydrogens (tertiary/aromatic N) is 4. The highest BCUT2D eigenvalue weighted by Gasteiger charge is 2.23. The number of carbonyl (C=O) groups is 1. The lowest BCUT2D eigenvalue weighted by molar-refractivity contribution is 0.102. The fraction of sp³-hybridized carbons (Fsp3) is 0.261. The average Bonchev–Trinajstić information content (AvgIpc) is 3.68. The van der Waals surface area contributed by atoms with Crippen LogP contribution in [0.25, 0.3) is 11.1 Å². The molecule has 4 aromatic rings. The molecule has 37 heavy (non-hydrogen) atoms. The van der Waals surface area contributed by atoms with Crippen molar-refractivity contribution in [2.45, 2.75) is 22.4 Å². The van der Waals surface area contributed by atoms with Crippen molar-refractivity contribution in [2.24, 2.45) is 0 Å². The lowest BCUT2D eigenvalue weighted by Gasteiger charge is -2.15. The maximum atomic E-state index is 13.5. The van der Waals surface area contributed by atoms with Crippen LogP contribution in [-0.2, 0) is 4.74 Å². The zero-order valence-corrected chi connectivity index (χ0v) is 21.7. The molecule has 4 heterocycles. The molecule has 9 nitrogen and oxygen atoms in total. The quantitative estimate of drug-likeness (QED) is 0.248. The van der Waals surface area contributed by atoms with E-state index in [1.165, 1.54) is 60.2 Å². The molecule has 0 aliphatic carbocycles. The fourth-order valence-corrected chi connectivity index (χ4v) is 6.09. The zero-order chi connectivity index (χ0) is 25.8. The highest BCUT2D eigenvalue weighted by molar-refractivity contribution is 8.01. The maximum absolute atomic E-state index is 13.5. The molecule has 1 atom stereocenters. The minimum absolute atomic E-state index is 0.116. The van der Waals surface area contributed by atoms with Crippen molar-refractivity contribution < 1.29 is 27.8 Å². The molecule has 5 rings (SSSR count). The van der Waals surface area contributed by atoms with E-state index in [-0.39, 0.29) is 22.6 Å². The fourth-order valence-electron chi connectivity index (χ4n) is 3.54. The first kappa shape index (κ1) is 25.4. The number of benzene rings is 1. The molecular formula is C23H19F2N5O4S3. The minimum Gasteiger partial charge on any atom is -0.496 e. The molecule has 192 valence electrons. The van der Waals surface area contributed by atoms with Gasteiger partial charge in [-0.2, -0.15) is 0 Å². The van der Waals surface area contributed by atoms with Crippen LogP contribution < -0.4 is 14.8 Å². The van der Waals surface area contributed by atoms with Crippen molar-refractivity contribution in [1.29, 1.82) is 0 Å². The van der Waals surface area contributed by atoms with Crippen LogP contribution in [0, 0.1) is 0 Å². The number of thioether (sulfide) groups is 1. The third-order valence-electron chi connectivity index (χ3n) is 5.27. The predicted molar refractivity (Wildman–Crippen MR) is 136 cm³/mol. The van der Waals surface area contributed by atoms with E-state index in [0.29, 0.717) is 44.4 Å². The van der Waals surface area contributed by atoms with Gasteiger partial charge >= 0.3 is 0 Å². The molecule has 1 unspecified atom stereocenters. The Bertz CT molecular complexity index is 1380. The molecule has 14 heteroatoms. The second-order valence-corrected chi connectivity index (χ2v) is 11.0. The predicted octanol–water partition coefficient (Wildman–Crippen LogP) is 5.93. The van der Waals surface area contributed by atoms with Gasteiger partial charge in [0.25, 0.3) is 17.5 Å². The van der Waals surface area contributed by atoms with E-state index in [0.717, 1.165) is 6.42 Å². The SMILES string of the molecule is COc1ccc(C(F)F)cc1-c1cc(Oc2nccs2)ncc1C(=O)Nc1nnc(SC2CCOC2)s1. The van der Waals surface area contributed by atoms with E-state index in [9.17, 15) is 13.6 Å². The van der Waals surface area contributed by atoms with Crippen molar-refractivity contribution in [2.75, 3.05) is 25.6 Å². The Labute approximate surface area is 222 Å². The summed E-state index contributed by atoms with van der Waals surface area (Å²) < 4.78 is 44.3. The van der Waals surface area contributed by atoms with Gasteiger partial charge in [-0.25, -0.2) is 18.7 Å². The monoisotopic (exact) mass is 563 g/mol. The molecule has 0 radical (unpaired) electrons. The maximum Gasteiger partial charge on any atom is 0.279 e. The van der Waals surface area contributed by atoms with Crippen LogP contribution in [0.2, 0.25) is 0 Å². The summed E-state index contributed by atoms with van der Waals surface area (Å²) >= 11 is 4.06. The highest BCUT2D eigenvalue weighted by Crippen LogP contribution is 2.38. The first-order valence-electron chi connectivity index (χ1n) is 10.9. The summed E-state index contributed by atoms with van der Waals surface area (Å²) in [6.07, 6.45) is 1.11. The lowest BCUT2D eigenvalue weighted by atomic mass is 9.98. The van der Waals surface area contributed by atoms with Crippen molar-refractivity contribution in [3.8, 4) is 28.0 Å². The summed E-state index contributed by atoms with van der Waals surface area (Å²) in [4.78, 5) is 21.6. The van der Waals surface area contributed by atoms with Crippen LogP contribution in [0.15, 0.2) is 46.4 Å². The molecular weight excluding hydrogens is 544 g/mol. The minimum atomic E-state index is -2.71. The Morgan fingerprint density at radius 3 is 2.86 bits per heavy atom. The second kappa shape index (κ2) is 11.5. The van der Waals surface area contributed by atoms with Crippen LogP contribution in [0.4, 0.5) is 13.9 Å². The summed E-state index contributed by atoms with van der Waals surface area (Å²) in [5.41, 5.74) is 0.472. The van der Waals surface area contributed by atoms with Gasteiger partial charge in [0.1, 0.15) is 5.75 Å². The number of ether oxygens (including phenoxy) is 3. The number of methoxy groups -OCH3 is 1. The molecule has 1 aliphatic heterocycles. The smallest absolute Gasteiger partial charge is 0.279 e. The molecule has 1 aromatic carbocycles. The molecule has 0 saturated carbocycles. The molecule has 1 saturated heterocycles. The van der Waals surface area contributed by atoms with E-state index in [1.54, 1.807) is 23.3 Å². The third-order valence-corrected chi connectivity index (χ3v) is 8.08. The van der Waals surface area contributed by atoms with Gasteiger partial charge in [-0.05, 0) is 24.6 Å². The standard InChI is InChI=1S/C23H19F2N5O4S3/c1-32-17-3-2-12(19(24)25)8-15(17)14-9-18(34-22-26-5-7-35-22)27-10-16(14)20(31)28-21-29-30-23(37-21)36-13-4-6-33-11-13/h2-3,5,7-10,13,19H,4,6,11H2,1H3,(H,28,29,31). The van der Waals surface area contributed by atoms with E-state index < -0.39 is 12.3 Å². The van der Waals surface area contributed by atoms with Gasteiger partial charge in [0, 0.05) is 52.4 Å². The normalized spacial score (nSPS) is 15.2. The summed E-state index contributed by atoms with van der Waals surface area (Å²) in [7, 11) is 1.42. The van der Waals surface area contributed by atoms with Gasteiger partial charge in [-0.15, -0.1) is 10.2 Å². The van der Waals surface area contributed by atoms with E-state index in [1.807, 2.05) is 0 Å². The Morgan fingerprint density at radius 1 is 1.24 bits per heavy atom. The lowest BCUT2D eigenvalue weighted by Crippen LogP contribution is -2.14. The number of aromatic nitrogens is 4. The van der Waals surface area contributed by atoms with Crippen molar-refractivity contribution in [1.82, 2.24) is 20.2 Å². The van der Waals surface area contributed by atoms with E-state index >= 15 is 0 Å². The number of amides is 1. The molecule has 1 aliphatic rings. The van der Waals surface area contributed by atoms with Gasteiger partial charge in [-0.1, -0.05) is 34.4 Å². The number of pyridine rings is 1. The number of rotatable bonds is 9. The zero-order valence-electron chi connectivity index (χ0n) is 19.2. The number of carbonyl (C=O) groups excluding carboxylic acids is 1. The largest absolute Gasteiger partial charge is 0.496 e. The summed E-state index contributed by atoms with van der Waals surface area (Å²) in [6, 6.07) is 5.48. The van der Waals surface area contributed by atoms with Crippen LogP contribution in [0.5, 0.6) is 16.8 Å². The molecule has 0 bridgehead atoms. The highest BCUT2D eigenvalue weighted by atomic mass is 32.2. The van der Waals surface area contributed by atoms with E-state index in [4.69, 9.17) is 14.2 Å². The molecule has 1 fully saturated rings. The molecule has 3 aromatic heterocycles. The van der Waals surface area contributed by atoms with Crippen LogP contribution in [0.3, 0.4) is 0 Å². The Kier molecular flexibility index (Phi) is 7.88. The van der Waals surface area contributed by atoms with Gasteiger partial charge in [0.05, 0.1) is 19.3 Å². The first-order chi connectivity index (χ1) is 18.0. The number of alkyl halides is 2. The number of halogens is 2. The number of hydrogen-bond donors (Lipinski definition) is 1. The van der Waals surface area contributed by atoms with Crippen molar-refractivity contribution >= 4 is 45.5 Å². The Balaban J connectivity index is 1.48. The van der Waals surface area contributed by atoms with E-state index in [2.05, 4.69) is 25.5 Å². The number of hydrogen-bond acceptors (Lipinski definition) is 11. The number of nitrogens with one attached hydrogen (secondary N) is 1. The van der Waals surface area contributed by atoms with Crippen molar-refractivity contribution in [3.63, 3.8) is 0 Å². The molecule has 1 amide bonds. The van der Waals surface area contributed by atoms with Gasteiger partial charge in [0.2, 0.25) is 11.0 Å². The number of thiazole rings is 1. The van der Waals surface area contributed by atoms with Gasteiger partial charge in [-0.3, -0.25) is 10.1 Å². The van der Waals surface area contributed by atoms with Gasteiger partial charge < -0.3 is 14.2 Å². The second-order valence-electron chi connectivity index (χ2n) is 7.66. The topological polar surface area (TPSA) is 108 Å². The summed E-state index contributed by atoms with van der Waals surface area (Å²) in [5.74, 6) is -0.0951. The van der Waals surface area contributed by atoms with Crippen LogP contribution in [-0.4, -0.2) is 51.6 Å². The Hall–Kier alpha value is -3.20. The van der Waals surface area contributed by atoms with Crippen LogP contribution >= 0.6 is 34.4 Å². The van der Waals surface area contributed by atoms with Crippen LogP contribution in [0.1, 0.15) is 28.8 Å². The van der Waals surface area contributed by atoms with Gasteiger partial charge in [0.15, 0.2) is 4.34 Å². The molecule has 0 spiro atoms. The number of anilines is 1. The average molecular weight is 564 g/mol. The summed E-state index contributed by atoms with van der Waals surface area (Å²) in [6.45, 7) is 1.37. The Morgan fingerprint density at radius 2 is 2.14 bits per heavy atom. The third kappa shape index (κ3) is 6.04. The molecule has 1 N–H and O–H groups in total. The summed E-state index contributed by atoms with van der Waals surface area (Å²) in [5, 5.41) is 13.6.